The van der Waals surface area contributed by atoms with E-state index in [2.05, 4.69) is 20.8 Å². The Balaban J connectivity index is 2.81. The van der Waals surface area contributed by atoms with Crippen LogP contribution in [0.4, 0.5) is 0 Å². The molecule has 0 aromatic heterocycles. The summed E-state index contributed by atoms with van der Waals surface area (Å²) >= 11 is 0. The summed E-state index contributed by atoms with van der Waals surface area (Å²) in [7, 11) is 4.94. The topological polar surface area (TPSA) is 27.7 Å². The molecule has 20 heavy (non-hydrogen) atoms. The molecule has 1 aromatic rings. The Labute approximate surface area is 123 Å². The van der Waals surface area contributed by atoms with E-state index in [1.54, 1.807) is 21.3 Å². The summed E-state index contributed by atoms with van der Waals surface area (Å²) in [4.78, 5) is 0. The van der Waals surface area contributed by atoms with Crippen molar-refractivity contribution in [1.82, 2.24) is 0 Å². The van der Waals surface area contributed by atoms with Gasteiger partial charge in [0.2, 0.25) is 5.75 Å². The van der Waals surface area contributed by atoms with Crippen molar-refractivity contribution in [3.8, 4) is 17.2 Å². The lowest BCUT2D eigenvalue weighted by Gasteiger charge is -2.22. The van der Waals surface area contributed by atoms with Gasteiger partial charge >= 0.3 is 0 Å². The van der Waals surface area contributed by atoms with Crippen LogP contribution in [-0.4, -0.2) is 21.3 Å². The van der Waals surface area contributed by atoms with Gasteiger partial charge in [-0.3, -0.25) is 0 Å². The molecular formula is C17H28O3. The molecule has 1 aromatic carbocycles. The lowest BCUT2D eigenvalue weighted by molar-refractivity contribution is 0.311. The summed E-state index contributed by atoms with van der Waals surface area (Å²) in [5.41, 5.74) is 1.65. The maximum absolute atomic E-state index is 5.38. The summed E-state index contributed by atoms with van der Waals surface area (Å²) in [6, 6.07) is 4.08. The Morgan fingerprint density at radius 1 is 0.950 bits per heavy atom. The van der Waals surface area contributed by atoms with Gasteiger partial charge < -0.3 is 14.2 Å². The number of hydrogen-bond acceptors (Lipinski definition) is 3. The van der Waals surface area contributed by atoms with Crippen LogP contribution in [0, 0.1) is 5.41 Å². The first-order chi connectivity index (χ1) is 9.47. The third kappa shape index (κ3) is 4.32. The molecule has 0 bridgehead atoms. The molecule has 0 N–H and O–H groups in total. The predicted molar refractivity (Wildman–Crippen MR) is 83.1 cm³/mol. The Morgan fingerprint density at radius 3 is 1.90 bits per heavy atom. The van der Waals surface area contributed by atoms with Gasteiger partial charge in [0.05, 0.1) is 21.3 Å². The first-order valence-electron chi connectivity index (χ1n) is 7.26. The van der Waals surface area contributed by atoms with Crippen molar-refractivity contribution in [2.45, 2.75) is 46.5 Å². The normalized spacial score (nSPS) is 11.3. The van der Waals surface area contributed by atoms with E-state index in [9.17, 15) is 0 Å². The smallest absolute Gasteiger partial charge is 0.203 e. The average Bonchev–Trinajstić information content (AvgIpc) is 2.45. The Morgan fingerprint density at radius 2 is 1.50 bits per heavy atom. The highest BCUT2D eigenvalue weighted by Crippen LogP contribution is 2.38. The van der Waals surface area contributed by atoms with Crippen molar-refractivity contribution in [2.24, 2.45) is 5.41 Å². The lowest BCUT2D eigenvalue weighted by Crippen LogP contribution is -2.09. The van der Waals surface area contributed by atoms with Crippen LogP contribution in [0.2, 0.25) is 0 Å². The number of hydrogen-bond donors (Lipinski definition) is 0. The summed E-state index contributed by atoms with van der Waals surface area (Å²) < 4.78 is 16.1. The van der Waals surface area contributed by atoms with E-state index < -0.39 is 0 Å². The molecule has 0 aliphatic rings. The monoisotopic (exact) mass is 280 g/mol. The Kier molecular flexibility index (Phi) is 6.18. The minimum atomic E-state index is 0.417. The van der Waals surface area contributed by atoms with Gasteiger partial charge in [0.15, 0.2) is 11.5 Å². The van der Waals surface area contributed by atoms with Crippen LogP contribution < -0.4 is 14.2 Å². The van der Waals surface area contributed by atoms with Crippen LogP contribution in [0.5, 0.6) is 17.2 Å². The highest BCUT2D eigenvalue weighted by Gasteiger charge is 2.16. The molecule has 0 aliphatic heterocycles. The lowest BCUT2D eigenvalue weighted by atomic mass is 9.84. The first kappa shape index (κ1) is 16.7. The van der Waals surface area contributed by atoms with Crippen molar-refractivity contribution < 1.29 is 14.2 Å². The molecule has 0 saturated heterocycles. The van der Waals surface area contributed by atoms with Crippen molar-refractivity contribution in [3.05, 3.63) is 17.7 Å². The zero-order chi connectivity index (χ0) is 15.2. The largest absolute Gasteiger partial charge is 0.493 e. The number of methoxy groups -OCH3 is 3. The van der Waals surface area contributed by atoms with Crippen molar-refractivity contribution in [1.29, 1.82) is 0 Å². The van der Waals surface area contributed by atoms with E-state index in [-0.39, 0.29) is 0 Å². The van der Waals surface area contributed by atoms with Crippen LogP contribution in [0.3, 0.4) is 0 Å². The van der Waals surface area contributed by atoms with Crippen LogP contribution in [0.25, 0.3) is 0 Å². The standard InChI is InChI=1S/C17H28O3/c1-7-17(2,3)10-8-9-13-11-14(18-4)16(20-6)15(12-13)19-5/h11-12H,7-10H2,1-6H3. The van der Waals surface area contributed by atoms with Crippen LogP contribution >= 0.6 is 0 Å². The molecule has 0 amide bonds. The molecule has 0 radical (unpaired) electrons. The number of rotatable bonds is 8. The summed E-state index contributed by atoms with van der Waals surface area (Å²) in [6.07, 6.45) is 4.63. The fraction of sp³-hybridized carbons (Fsp3) is 0.647. The maximum Gasteiger partial charge on any atom is 0.203 e. The molecule has 0 unspecified atom stereocenters. The second kappa shape index (κ2) is 7.41. The van der Waals surface area contributed by atoms with Crippen molar-refractivity contribution >= 4 is 0 Å². The molecule has 0 heterocycles. The molecule has 3 nitrogen and oxygen atoms in total. The predicted octanol–water partition coefficient (Wildman–Crippen LogP) is 4.47. The fourth-order valence-corrected chi connectivity index (χ4v) is 2.23. The van der Waals surface area contributed by atoms with Gasteiger partial charge in [-0.2, -0.15) is 0 Å². The van der Waals surface area contributed by atoms with Crippen LogP contribution in [0.1, 0.15) is 45.6 Å². The zero-order valence-corrected chi connectivity index (χ0v) is 13.7. The van der Waals surface area contributed by atoms with Gasteiger partial charge in [-0.15, -0.1) is 0 Å². The SMILES string of the molecule is CCC(C)(C)CCCc1cc(OC)c(OC)c(OC)c1. The quantitative estimate of drug-likeness (QED) is 0.703. The van der Waals surface area contributed by atoms with E-state index in [4.69, 9.17) is 14.2 Å². The summed E-state index contributed by atoms with van der Waals surface area (Å²) in [5, 5.41) is 0. The molecule has 0 fully saturated rings. The highest BCUT2D eigenvalue weighted by molar-refractivity contribution is 5.53. The minimum absolute atomic E-state index is 0.417. The number of ether oxygens (including phenoxy) is 3. The van der Waals surface area contributed by atoms with E-state index in [1.165, 1.54) is 24.8 Å². The van der Waals surface area contributed by atoms with Gasteiger partial charge in [-0.05, 0) is 42.4 Å². The van der Waals surface area contributed by atoms with Gasteiger partial charge in [0.1, 0.15) is 0 Å². The highest BCUT2D eigenvalue weighted by atomic mass is 16.5. The zero-order valence-electron chi connectivity index (χ0n) is 13.7. The average molecular weight is 280 g/mol. The second-order valence-electron chi connectivity index (χ2n) is 5.90. The molecule has 0 saturated carbocycles. The van der Waals surface area contributed by atoms with Crippen molar-refractivity contribution in [3.63, 3.8) is 0 Å². The third-order valence-electron chi connectivity index (χ3n) is 4.00. The fourth-order valence-electron chi connectivity index (χ4n) is 2.23. The van der Waals surface area contributed by atoms with Gasteiger partial charge in [0, 0.05) is 0 Å². The van der Waals surface area contributed by atoms with Crippen molar-refractivity contribution in [2.75, 3.05) is 21.3 Å². The Hall–Kier alpha value is -1.38. The first-order valence-corrected chi connectivity index (χ1v) is 7.26. The van der Waals surface area contributed by atoms with Gasteiger partial charge in [-0.1, -0.05) is 27.2 Å². The van der Waals surface area contributed by atoms with Gasteiger partial charge in [0.25, 0.3) is 0 Å². The molecular weight excluding hydrogens is 252 g/mol. The molecule has 3 heteroatoms. The molecule has 114 valence electrons. The van der Waals surface area contributed by atoms with E-state index in [0.717, 1.165) is 17.9 Å². The second-order valence-corrected chi connectivity index (χ2v) is 5.90. The summed E-state index contributed by atoms with van der Waals surface area (Å²) in [6.45, 7) is 6.89. The third-order valence-corrected chi connectivity index (χ3v) is 4.00. The molecule has 0 aliphatic carbocycles. The molecule has 1 rings (SSSR count). The van der Waals surface area contributed by atoms with E-state index >= 15 is 0 Å². The van der Waals surface area contributed by atoms with Crippen LogP contribution in [-0.2, 0) is 6.42 Å². The number of aryl methyl sites for hydroxylation is 1. The van der Waals surface area contributed by atoms with Crippen LogP contribution in [0.15, 0.2) is 12.1 Å². The molecule has 0 spiro atoms. The Bertz CT molecular complexity index is 399. The maximum atomic E-state index is 5.38. The van der Waals surface area contributed by atoms with E-state index in [1.807, 2.05) is 12.1 Å². The molecule has 0 atom stereocenters. The number of benzene rings is 1. The van der Waals surface area contributed by atoms with Gasteiger partial charge in [-0.25, -0.2) is 0 Å². The summed E-state index contributed by atoms with van der Waals surface area (Å²) in [5.74, 6) is 2.13. The minimum Gasteiger partial charge on any atom is -0.493 e. The van der Waals surface area contributed by atoms with E-state index in [0.29, 0.717) is 11.2 Å².